The number of aromatic nitrogens is 1. The number of likely N-dealkylation sites (tertiary alicyclic amines) is 1. The number of rotatable bonds is 2. The highest BCUT2D eigenvalue weighted by atomic mass is 16.5. The number of anilines is 1. The van der Waals surface area contributed by atoms with E-state index < -0.39 is 0 Å². The molecule has 0 saturated carbocycles. The second-order valence-electron chi connectivity index (χ2n) is 7.66. The van der Waals surface area contributed by atoms with Crippen LogP contribution in [0.3, 0.4) is 0 Å². The van der Waals surface area contributed by atoms with Gasteiger partial charge in [-0.15, -0.1) is 0 Å². The van der Waals surface area contributed by atoms with E-state index in [-0.39, 0.29) is 12.1 Å². The zero-order chi connectivity index (χ0) is 18.9. The van der Waals surface area contributed by atoms with Gasteiger partial charge in [0, 0.05) is 17.5 Å². The quantitative estimate of drug-likeness (QED) is 0.817. The van der Waals surface area contributed by atoms with E-state index in [0.29, 0.717) is 6.54 Å². The van der Waals surface area contributed by atoms with E-state index in [0.717, 1.165) is 67.2 Å². The van der Waals surface area contributed by atoms with Crippen LogP contribution in [0.4, 0.5) is 10.5 Å². The molecule has 0 spiro atoms. The number of hydrogen-bond acceptors (Lipinski definition) is 4. The number of carbonyl (C=O) groups excluding carboxylic acids is 1. The van der Waals surface area contributed by atoms with Crippen LogP contribution in [0.25, 0.3) is 11.3 Å². The van der Waals surface area contributed by atoms with Crippen LogP contribution in [-0.2, 0) is 6.42 Å². The number of hydrogen-bond donors (Lipinski definition) is 1. The summed E-state index contributed by atoms with van der Waals surface area (Å²) in [6, 6.07) is 7.81. The molecule has 5 rings (SSSR count). The Bertz CT molecular complexity index is 949. The summed E-state index contributed by atoms with van der Waals surface area (Å²) >= 11 is 0. The van der Waals surface area contributed by atoms with E-state index in [1.165, 1.54) is 12.8 Å². The number of para-hydroxylation sites is 1. The van der Waals surface area contributed by atoms with Crippen LogP contribution in [-0.4, -0.2) is 42.3 Å². The fraction of sp³-hybridized carbons (Fsp3) is 0.455. The fourth-order valence-corrected chi connectivity index (χ4v) is 4.59. The van der Waals surface area contributed by atoms with Gasteiger partial charge in [-0.25, -0.2) is 4.79 Å². The Morgan fingerprint density at radius 3 is 2.96 bits per heavy atom. The van der Waals surface area contributed by atoms with Crippen LogP contribution in [0.15, 0.2) is 28.8 Å². The van der Waals surface area contributed by atoms with Gasteiger partial charge < -0.3 is 9.84 Å². The summed E-state index contributed by atoms with van der Waals surface area (Å²) in [7, 11) is 0. The van der Waals surface area contributed by atoms with Crippen molar-refractivity contribution in [3.63, 3.8) is 0 Å². The molecule has 1 atom stereocenters. The van der Waals surface area contributed by atoms with Crippen molar-refractivity contribution in [2.45, 2.75) is 38.1 Å². The number of benzene rings is 1. The largest absolute Gasteiger partial charge is 0.360 e. The predicted octanol–water partition coefficient (Wildman–Crippen LogP) is 3.35. The fourth-order valence-electron chi connectivity index (χ4n) is 4.59. The summed E-state index contributed by atoms with van der Waals surface area (Å²) in [6.07, 6.45) is 5.33. The van der Waals surface area contributed by atoms with Crippen LogP contribution in [0, 0.1) is 11.8 Å². The SMILES string of the molecule is O=C(NCC#CCN1CCCC1)N1c2ccccc2-c2noc3c2C1CCC3. The van der Waals surface area contributed by atoms with Gasteiger partial charge in [0.2, 0.25) is 0 Å². The van der Waals surface area contributed by atoms with Crippen molar-refractivity contribution in [1.29, 1.82) is 0 Å². The number of amides is 2. The normalized spacial score (nSPS) is 20.1. The highest BCUT2D eigenvalue weighted by Gasteiger charge is 2.40. The first-order chi connectivity index (χ1) is 13.8. The zero-order valence-electron chi connectivity index (χ0n) is 15.9. The molecule has 1 aliphatic carbocycles. The zero-order valence-corrected chi connectivity index (χ0v) is 15.9. The van der Waals surface area contributed by atoms with Crippen LogP contribution < -0.4 is 10.2 Å². The topological polar surface area (TPSA) is 61.6 Å². The standard InChI is InChI=1S/C22H24N4O2/c27-22(23-12-3-4-13-25-14-5-6-15-25)26-17-9-2-1-8-16(17)21-20-18(26)10-7-11-19(20)28-24-21/h1-2,8-9,18H,5-7,10-15H2,(H,23,27). The molecule has 0 radical (unpaired) electrons. The molecule has 6 heteroatoms. The van der Waals surface area contributed by atoms with Gasteiger partial charge in [0.05, 0.1) is 24.8 Å². The second-order valence-corrected chi connectivity index (χ2v) is 7.66. The van der Waals surface area contributed by atoms with Crippen molar-refractivity contribution in [2.24, 2.45) is 0 Å². The van der Waals surface area contributed by atoms with Crippen molar-refractivity contribution in [3.8, 4) is 23.1 Å². The number of nitrogens with one attached hydrogen (secondary N) is 1. The molecule has 1 N–H and O–H groups in total. The molecule has 3 aliphatic rings. The summed E-state index contributed by atoms with van der Waals surface area (Å²) < 4.78 is 5.60. The molecule has 0 bridgehead atoms. The molecule has 1 saturated heterocycles. The lowest BCUT2D eigenvalue weighted by atomic mass is 9.84. The third kappa shape index (κ3) is 2.96. The summed E-state index contributed by atoms with van der Waals surface area (Å²) in [5.41, 5.74) is 3.83. The lowest BCUT2D eigenvalue weighted by Gasteiger charge is -2.38. The van der Waals surface area contributed by atoms with Gasteiger partial charge in [-0.05, 0) is 44.8 Å². The van der Waals surface area contributed by atoms with Crippen molar-refractivity contribution in [2.75, 3.05) is 31.1 Å². The van der Waals surface area contributed by atoms with E-state index in [1.807, 2.05) is 29.2 Å². The van der Waals surface area contributed by atoms with Crippen molar-refractivity contribution in [1.82, 2.24) is 15.4 Å². The summed E-state index contributed by atoms with van der Waals surface area (Å²) in [4.78, 5) is 17.3. The van der Waals surface area contributed by atoms with Gasteiger partial charge in [0.15, 0.2) is 0 Å². The molecule has 1 aromatic heterocycles. The van der Waals surface area contributed by atoms with Gasteiger partial charge in [-0.1, -0.05) is 35.2 Å². The molecular weight excluding hydrogens is 352 g/mol. The van der Waals surface area contributed by atoms with Gasteiger partial charge >= 0.3 is 6.03 Å². The highest BCUT2D eigenvalue weighted by molar-refractivity contribution is 6.00. The predicted molar refractivity (Wildman–Crippen MR) is 107 cm³/mol. The molecule has 2 amide bonds. The molecule has 28 heavy (non-hydrogen) atoms. The van der Waals surface area contributed by atoms with Gasteiger partial charge in [0.1, 0.15) is 11.5 Å². The molecule has 2 aliphatic heterocycles. The molecule has 1 unspecified atom stereocenters. The number of aryl methyl sites for hydroxylation is 1. The van der Waals surface area contributed by atoms with Gasteiger partial charge in [0.25, 0.3) is 0 Å². The summed E-state index contributed by atoms with van der Waals surface area (Å²) in [6.45, 7) is 3.42. The van der Waals surface area contributed by atoms with Gasteiger partial charge in [-0.3, -0.25) is 9.80 Å². The minimum atomic E-state index is -0.104. The van der Waals surface area contributed by atoms with E-state index in [1.54, 1.807) is 0 Å². The van der Waals surface area contributed by atoms with Crippen molar-refractivity contribution >= 4 is 11.7 Å². The maximum absolute atomic E-state index is 13.1. The Labute approximate surface area is 164 Å². The third-order valence-corrected chi connectivity index (χ3v) is 5.92. The molecule has 1 fully saturated rings. The Morgan fingerprint density at radius 2 is 2.07 bits per heavy atom. The lowest BCUT2D eigenvalue weighted by molar-refractivity contribution is 0.243. The number of carbonyl (C=O) groups is 1. The first-order valence-electron chi connectivity index (χ1n) is 10.2. The van der Waals surface area contributed by atoms with E-state index in [9.17, 15) is 4.79 Å². The van der Waals surface area contributed by atoms with Crippen LogP contribution in [0.5, 0.6) is 0 Å². The highest BCUT2D eigenvalue weighted by Crippen LogP contribution is 2.49. The van der Waals surface area contributed by atoms with E-state index in [4.69, 9.17) is 4.52 Å². The van der Waals surface area contributed by atoms with Crippen LogP contribution in [0.1, 0.15) is 43.0 Å². The van der Waals surface area contributed by atoms with Gasteiger partial charge in [-0.2, -0.15) is 0 Å². The average molecular weight is 376 g/mol. The van der Waals surface area contributed by atoms with E-state index in [2.05, 4.69) is 27.2 Å². The molecule has 1 aromatic carbocycles. The van der Waals surface area contributed by atoms with Crippen LogP contribution >= 0.6 is 0 Å². The lowest BCUT2D eigenvalue weighted by Crippen LogP contribution is -2.45. The summed E-state index contributed by atoms with van der Waals surface area (Å²) in [5.74, 6) is 7.20. The number of nitrogens with zero attached hydrogens (tertiary/aromatic N) is 3. The molecular formula is C22H24N4O2. The molecule has 144 valence electrons. The minimum absolute atomic E-state index is 0.0162. The second kappa shape index (κ2) is 7.33. The Hall–Kier alpha value is -2.78. The Kier molecular flexibility index (Phi) is 4.53. The Balaban J connectivity index is 1.35. The number of urea groups is 1. The molecule has 2 aromatic rings. The monoisotopic (exact) mass is 376 g/mol. The first-order valence-corrected chi connectivity index (χ1v) is 10.2. The minimum Gasteiger partial charge on any atom is -0.360 e. The first kappa shape index (κ1) is 17.3. The molecule has 6 nitrogen and oxygen atoms in total. The van der Waals surface area contributed by atoms with Crippen molar-refractivity contribution in [3.05, 3.63) is 35.6 Å². The van der Waals surface area contributed by atoms with Crippen molar-refractivity contribution < 1.29 is 9.32 Å². The maximum Gasteiger partial charge on any atom is 0.323 e. The third-order valence-electron chi connectivity index (χ3n) is 5.92. The average Bonchev–Trinajstić information content (AvgIpc) is 3.39. The smallest absolute Gasteiger partial charge is 0.323 e. The molecule has 3 heterocycles. The summed E-state index contributed by atoms with van der Waals surface area (Å²) in [5, 5.41) is 7.31. The van der Waals surface area contributed by atoms with Crippen LogP contribution in [0.2, 0.25) is 0 Å². The van der Waals surface area contributed by atoms with E-state index >= 15 is 0 Å². The number of fused-ring (bicyclic) bond motifs is 2. The maximum atomic E-state index is 13.1. The Morgan fingerprint density at radius 1 is 1.21 bits per heavy atom.